The number of hydrogen-bond donors (Lipinski definition) is 0. The number of fused-ring (bicyclic) bond motifs is 2. The molecule has 0 unspecified atom stereocenters. The Morgan fingerprint density at radius 2 is 2.18 bits per heavy atom. The van der Waals surface area contributed by atoms with E-state index in [2.05, 4.69) is 0 Å². The van der Waals surface area contributed by atoms with E-state index in [0.717, 1.165) is 24.1 Å². The minimum absolute atomic E-state index is 0.0702. The average Bonchev–Trinajstić information content (AvgIpc) is 3.06. The molecule has 5 heteroatoms. The average molecular weight is 232 g/mol. The van der Waals surface area contributed by atoms with E-state index in [-0.39, 0.29) is 11.6 Å². The first-order valence-electron chi connectivity index (χ1n) is 5.71. The number of carbonyl (C=O) groups is 1. The second-order valence-electron chi connectivity index (χ2n) is 4.59. The first-order valence-corrected chi connectivity index (χ1v) is 5.71. The molecule has 5 nitrogen and oxygen atoms in total. The van der Waals surface area contributed by atoms with Crippen molar-refractivity contribution in [3.8, 4) is 0 Å². The lowest BCUT2D eigenvalue weighted by molar-refractivity contribution is -0.384. The van der Waals surface area contributed by atoms with Crippen molar-refractivity contribution in [2.24, 2.45) is 0 Å². The molecular formula is C12H12N2O3. The Morgan fingerprint density at radius 1 is 1.47 bits per heavy atom. The molecule has 0 saturated heterocycles. The minimum Gasteiger partial charge on any atom is -0.312 e. The molecule has 0 atom stereocenters. The lowest BCUT2D eigenvalue weighted by atomic mass is 9.97. The van der Waals surface area contributed by atoms with Crippen LogP contribution in [0.1, 0.15) is 25.3 Å². The van der Waals surface area contributed by atoms with Crippen molar-refractivity contribution < 1.29 is 9.72 Å². The molecule has 1 fully saturated rings. The maximum atomic E-state index is 12.2. The molecule has 1 aliphatic carbocycles. The van der Waals surface area contributed by atoms with Gasteiger partial charge in [0.25, 0.3) is 5.69 Å². The third kappa shape index (κ3) is 1.16. The second kappa shape index (κ2) is 3.06. The SMILES string of the molecule is CCN1C(=O)C2(CC2)c2cc([N+](=O)[O-])ccc21. The van der Waals surface area contributed by atoms with Gasteiger partial charge in [0.15, 0.2) is 0 Å². The van der Waals surface area contributed by atoms with Crippen LogP contribution in [0.25, 0.3) is 0 Å². The van der Waals surface area contributed by atoms with Crippen molar-refractivity contribution in [2.75, 3.05) is 11.4 Å². The van der Waals surface area contributed by atoms with Gasteiger partial charge in [-0.3, -0.25) is 14.9 Å². The van der Waals surface area contributed by atoms with Gasteiger partial charge in [0.1, 0.15) is 0 Å². The van der Waals surface area contributed by atoms with Crippen LogP contribution in [0, 0.1) is 10.1 Å². The molecule has 0 bridgehead atoms. The van der Waals surface area contributed by atoms with E-state index in [1.807, 2.05) is 6.92 Å². The van der Waals surface area contributed by atoms with Crippen LogP contribution in [-0.4, -0.2) is 17.4 Å². The van der Waals surface area contributed by atoms with Gasteiger partial charge in [0.2, 0.25) is 5.91 Å². The number of rotatable bonds is 2. The quantitative estimate of drug-likeness (QED) is 0.578. The molecule has 1 saturated carbocycles. The highest BCUT2D eigenvalue weighted by Gasteiger charge is 2.59. The van der Waals surface area contributed by atoms with E-state index in [9.17, 15) is 14.9 Å². The lowest BCUT2D eigenvalue weighted by Gasteiger charge is -2.14. The van der Waals surface area contributed by atoms with Gasteiger partial charge in [-0.25, -0.2) is 0 Å². The molecular weight excluding hydrogens is 220 g/mol. The molecule has 0 N–H and O–H groups in total. The van der Waals surface area contributed by atoms with Crippen molar-refractivity contribution in [1.29, 1.82) is 0 Å². The largest absolute Gasteiger partial charge is 0.312 e. The van der Waals surface area contributed by atoms with E-state index in [4.69, 9.17) is 0 Å². The number of benzene rings is 1. The smallest absolute Gasteiger partial charge is 0.269 e. The van der Waals surface area contributed by atoms with Crippen molar-refractivity contribution in [3.63, 3.8) is 0 Å². The number of nitro groups is 1. The highest BCUT2D eigenvalue weighted by atomic mass is 16.6. The standard InChI is InChI=1S/C12H12N2O3/c1-2-13-10-4-3-8(14(16)17)7-9(10)12(5-6-12)11(13)15/h3-4,7H,2,5-6H2,1H3. The fourth-order valence-electron chi connectivity index (χ4n) is 2.66. The molecule has 1 heterocycles. The summed E-state index contributed by atoms with van der Waals surface area (Å²) in [7, 11) is 0. The predicted molar refractivity (Wildman–Crippen MR) is 62.0 cm³/mol. The Labute approximate surface area is 98.2 Å². The zero-order valence-corrected chi connectivity index (χ0v) is 9.47. The molecule has 0 aromatic heterocycles. The van der Waals surface area contributed by atoms with Crippen LogP contribution in [0.15, 0.2) is 18.2 Å². The fraction of sp³-hybridized carbons (Fsp3) is 0.417. The highest BCUT2D eigenvalue weighted by Crippen LogP contribution is 2.57. The van der Waals surface area contributed by atoms with Crippen molar-refractivity contribution >= 4 is 17.3 Å². The van der Waals surface area contributed by atoms with Crippen LogP contribution >= 0.6 is 0 Å². The van der Waals surface area contributed by atoms with E-state index in [0.29, 0.717) is 6.54 Å². The van der Waals surface area contributed by atoms with Gasteiger partial charge < -0.3 is 4.90 Å². The van der Waals surface area contributed by atoms with Gasteiger partial charge in [-0.05, 0) is 31.4 Å². The van der Waals surface area contributed by atoms with E-state index in [1.165, 1.54) is 6.07 Å². The van der Waals surface area contributed by atoms with Crippen LogP contribution in [0.3, 0.4) is 0 Å². The Hall–Kier alpha value is -1.91. The number of nitrogens with zero attached hydrogens (tertiary/aromatic N) is 2. The van der Waals surface area contributed by atoms with E-state index < -0.39 is 10.3 Å². The summed E-state index contributed by atoms with van der Waals surface area (Å²) in [6.07, 6.45) is 1.63. The van der Waals surface area contributed by atoms with Crippen molar-refractivity contribution in [2.45, 2.75) is 25.2 Å². The lowest BCUT2D eigenvalue weighted by Crippen LogP contribution is -2.31. The number of likely N-dealkylation sites (N-methyl/N-ethyl adjacent to an activating group) is 1. The van der Waals surface area contributed by atoms with E-state index >= 15 is 0 Å². The number of carbonyl (C=O) groups excluding carboxylic acids is 1. The number of anilines is 1. The Kier molecular flexibility index (Phi) is 1.85. The molecule has 1 aromatic carbocycles. The molecule has 17 heavy (non-hydrogen) atoms. The highest BCUT2D eigenvalue weighted by molar-refractivity contribution is 6.10. The van der Waals surface area contributed by atoms with Gasteiger partial charge in [0.05, 0.1) is 10.3 Å². The molecule has 3 rings (SSSR count). The van der Waals surface area contributed by atoms with E-state index in [1.54, 1.807) is 17.0 Å². The van der Waals surface area contributed by atoms with Crippen LogP contribution < -0.4 is 4.90 Å². The first-order chi connectivity index (χ1) is 8.10. The van der Waals surface area contributed by atoms with Crippen LogP contribution in [-0.2, 0) is 10.2 Å². The summed E-state index contributed by atoms with van der Waals surface area (Å²) in [5.41, 5.74) is 1.33. The molecule has 2 aliphatic rings. The van der Waals surface area contributed by atoms with Crippen LogP contribution in [0.5, 0.6) is 0 Å². The van der Waals surface area contributed by atoms with Crippen molar-refractivity contribution in [3.05, 3.63) is 33.9 Å². The summed E-state index contributed by atoms with van der Waals surface area (Å²) in [5, 5.41) is 10.8. The number of hydrogen-bond acceptors (Lipinski definition) is 3. The zero-order chi connectivity index (χ0) is 12.2. The van der Waals surface area contributed by atoms with Gasteiger partial charge in [-0.15, -0.1) is 0 Å². The Bertz CT molecular complexity index is 535. The Morgan fingerprint density at radius 3 is 2.71 bits per heavy atom. The maximum Gasteiger partial charge on any atom is 0.269 e. The second-order valence-corrected chi connectivity index (χ2v) is 4.59. The molecule has 0 radical (unpaired) electrons. The van der Waals surface area contributed by atoms with Gasteiger partial charge >= 0.3 is 0 Å². The minimum atomic E-state index is -0.433. The molecule has 1 aliphatic heterocycles. The summed E-state index contributed by atoms with van der Waals surface area (Å²) >= 11 is 0. The van der Waals surface area contributed by atoms with Crippen molar-refractivity contribution in [1.82, 2.24) is 0 Å². The summed E-state index contributed by atoms with van der Waals surface area (Å²) < 4.78 is 0. The Balaban J connectivity index is 2.18. The molecule has 1 aromatic rings. The monoisotopic (exact) mass is 232 g/mol. The normalized spacial score (nSPS) is 19.6. The van der Waals surface area contributed by atoms with Crippen LogP contribution in [0.4, 0.5) is 11.4 Å². The predicted octanol–water partition coefficient (Wildman–Crippen LogP) is 1.99. The maximum absolute atomic E-state index is 12.2. The van der Waals surface area contributed by atoms with Gasteiger partial charge in [-0.1, -0.05) is 0 Å². The third-order valence-electron chi connectivity index (χ3n) is 3.72. The number of amides is 1. The first kappa shape index (κ1) is 10.3. The molecule has 1 spiro atoms. The summed E-state index contributed by atoms with van der Waals surface area (Å²) in [4.78, 5) is 24.3. The summed E-state index contributed by atoms with van der Waals surface area (Å²) in [5.74, 6) is 0.107. The summed E-state index contributed by atoms with van der Waals surface area (Å²) in [6.45, 7) is 2.54. The fourth-order valence-corrected chi connectivity index (χ4v) is 2.66. The zero-order valence-electron chi connectivity index (χ0n) is 9.47. The molecule has 88 valence electrons. The third-order valence-corrected chi connectivity index (χ3v) is 3.72. The topological polar surface area (TPSA) is 63.5 Å². The van der Waals surface area contributed by atoms with Gasteiger partial charge in [0, 0.05) is 24.4 Å². The van der Waals surface area contributed by atoms with Crippen LogP contribution in [0.2, 0.25) is 0 Å². The summed E-state index contributed by atoms with van der Waals surface area (Å²) in [6, 6.07) is 4.73. The molecule has 1 amide bonds. The van der Waals surface area contributed by atoms with Gasteiger partial charge in [-0.2, -0.15) is 0 Å². The number of nitro benzene ring substituents is 1. The number of non-ortho nitro benzene ring substituents is 1.